The maximum Gasteiger partial charge on any atom is 0.252 e. The van der Waals surface area contributed by atoms with Gasteiger partial charge in [-0.1, -0.05) is 18.2 Å². The van der Waals surface area contributed by atoms with E-state index in [1.54, 1.807) is 6.92 Å². The van der Waals surface area contributed by atoms with E-state index >= 15 is 0 Å². The summed E-state index contributed by atoms with van der Waals surface area (Å²) < 4.78 is 5.70. The molecule has 0 saturated heterocycles. The van der Waals surface area contributed by atoms with Crippen molar-refractivity contribution in [3.63, 3.8) is 0 Å². The first kappa shape index (κ1) is 17.0. The van der Waals surface area contributed by atoms with Crippen LogP contribution in [-0.4, -0.2) is 35.6 Å². The lowest BCUT2D eigenvalue weighted by Crippen LogP contribution is -2.35. The number of ether oxygens (including phenoxy) is 1. The summed E-state index contributed by atoms with van der Waals surface area (Å²) in [4.78, 5) is 30.6. The monoisotopic (exact) mass is 342 g/mol. The number of carbonyl (C=O) groups is 1. The highest BCUT2D eigenvalue weighted by molar-refractivity contribution is 5.79. The molecule has 0 spiro atoms. The molecule has 1 atom stereocenters. The Morgan fingerprint density at radius 2 is 2.20 bits per heavy atom. The van der Waals surface area contributed by atoms with Gasteiger partial charge in [0.25, 0.3) is 5.56 Å². The van der Waals surface area contributed by atoms with Crippen LogP contribution in [0.15, 0.2) is 35.1 Å². The Bertz CT molecular complexity index is 803. The largest absolute Gasteiger partial charge is 0.493 e. The van der Waals surface area contributed by atoms with E-state index in [0.29, 0.717) is 44.2 Å². The first-order valence-corrected chi connectivity index (χ1v) is 8.42. The van der Waals surface area contributed by atoms with Gasteiger partial charge in [0.1, 0.15) is 5.75 Å². The normalized spacial score (nSPS) is 16.3. The fraction of sp³-hybridized carbons (Fsp3) is 0.389. The number of para-hydroxylation sites is 1. The lowest BCUT2D eigenvalue weighted by atomic mass is 9.96. The number of hydrogen-bond acceptors (Lipinski definition) is 5. The van der Waals surface area contributed by atoms with Gasteiger partial charge in [-0.15, -0.1) is 0 Å². The average molecular weight is 342 g/mol. The highest BCUT2D eigenvalue weighted by atomic mass is 16.5. The molecule has 7 heteroatoms. The lowest BCUT2D eigenvalue weighted by molar-refractivity contribution is -0.125. The molecule has 7 nitrogen and oxygen atoms in total. The van der Waals surface area contributed by atoms with E-state index in [0.717, 1.165) is 11.3 Å². The predicted molar refractivity (Wildman–Crippen MR) is 94.8 cm³/mol. The quantitative estimate of drug-likeness (QED) is 0.711. The third-order valence-electron chi connectivity index (χ3n) is 4.12. The van der Waals surface area contributed by atoms with Crippen molar-refractivity contribution < 1.29 is 9.53 Å². The van der Waals surface area contributed by atoms with Crippen molar-refractivity contribution >= 4 is 11.9 Å². The van der Waals surface area contributed by atoms with E-state index in [1.165, 1.54) is 6.07 Å². The van der Waals surface area contributed by atoms with Gasteiger partial charge >= 0.3 is 0 Å². The number of rotatable bonds is 5. The molecule has 132 valence electrons. The van der Waals surface area contributed by atoms with Crippen molar-refractivity contribution in [2.45, 2.75) is 19.8 Å². The molecule has 2 heterocycles. The number of carbonyl (C=O) groups excluding carboxylic acids is 1. The van der Waals surface area contributed by atoms with E-state index in [1.807, 2.05) is 24.3 Å². The van der Waals surface area contributed by atoms with Crippen LogP contribution in [0, 0.1) is 12.8 Å². The molecule has 1 aromatic heterocycles. The topological polar surface area (TPSA) is 96.1 Å². The van der Waals surface area contributed by atoms with Crippen molar-refractivity contribution in [2.75, 3.05) is 25.0 Å². The van der Waals surface area contributed by atoms with Gasteiger partial charge < -0.3 is 15.4 Å². The molecule has 3 rings (SSSR count). The van der Waals surface area contributed by atoms with Crippen LogP contribution in [0.5, 0.6) is 5.75 Å². The maximum absolute atomic E-state index is 12.4. The minimum absolute atomic E-state index is 0.0211. The Morgan fingerprint density at radius 1 is 1.36 bits per heavy atom. The molecule has 1 amide bonds. The number of aromatic nitrogens is 2. The number of amides is 1. The Balaban J connectivity index is 1.48. The Kier molecular flexibility index (Phi) is 5.33. The van der Waals surface area contributed by atoms with Crippen LogP contribution in [0.1, 0.15) is 17.7 Å². The van der Waals surface area contributed by atoms with E-state index in [4.69, 9.17) is 4.74 Å². The molecule has 1 aromatic carbocycles. The number of nitrogens with zero attached hydrogens (tertiary/aromatic N) is 1. The van der Waals surface area contributed by atoms with Gasteiger partial charge in [-0.05, 0) is 31.4 Å². The summed E-state index contributed by atoms with van der Waals surface area (Å²) in [5.74, 6) is 1.21. The number of aromatic amines is 1. The van der Waals surface area contributed by atoms with Crippen LogP contribution in [0.25, 0.3) is 0 Å². The summed E-state index contributed by atoms with van der Waals surface area (Å²) in [6.07, 6.45) is 1.38. The number of benzene rings is 1. The number of nitrogens with one attached hydrogen (secondary N) is 3. The van der Waals surface area contributed by atoms with Crippen molar-refractivity contribution in [1.82, 2.24) is 15.3 Å². The molecule has 1 aliphatic heterocycles. The molecular formula is C18H22N4O3. The first-order valence-electron chi connectivity index (χ1n) is 8.42. The van der Waals surface area contributed by atoms with Gasteiger partial charge in [-0.3, -0.25) is 14.6 Å². The summed E-state index contributed by atoms with van der Waals surface area (Å²) in [5, 5.41) is 5.94. The smallest absolute Gasteiger partial charge is 0.252 e. The van der Waals surface area contributed by atoms with Crippen molar-refractivity contribution in [2.24, 2.45) is 5.92 Å². The molecular weight excluding hydrogens is 320 g/mol. The second-order valence-corrected chi connectivity index (χ2v) is 6.10. The fourth-order valence-electron chi connectivity index (χ4n) is 2.89. The van der Waals surface area contributed by atoms with Crippen LogP contribution >= 0.6 is 0 Å². The summed E-state index contributed by atoms with van der Waals surface area (Å²) >= 11 is 0. The number of aryl methyl sites for hydroxylation is 1. The zero-order valence-electron chi connectivity index (χ0n) is 14.2. The second kappa shape index (κ2) is 7.83. The van der Waals surface area contributed by atoms with Crippen LogP contribution in [0.2, 0.25) is 0 Å². The zero-order chi connectivity index (χ0) is 17.6. The van der Waals surface area contributed by atoms with Crippen molar-refractivity contribution in [1.29, 1.82) is 0 Å². The summed E-state index contributed by atoms with van der Waals surface area (Å²) in [6, 6.07) is 9.27. The molecule has 0 aliphatic carbocycles. The molecule has 2 aromatic rings. The first-order chi connectivity index (χ1) is 12.1. The Morgan fingerprint density at radius 3 is 3.04 bits per heavy atom. The molecule has 1 unspecified atom stereocenters. The summed E-state index contributed by atoms with van der Waals surface area (Å²) in [7, 11) is 0. The highest BCUT2D eigenvalue weighted by Gasteiger charge is 2.23. The second-order valence-electron chi connectivity index (χ2n) is 6.10. The molecule has 0 fully saturated rings. The van der Waals surface area contributed by atoms with Crippen molar-refractivity contribution in [3.8, 4) is 5.75 Å². The summed E-state index contributed by atoms with van der Waals surface area (Å²) in [5.41, 5.74) is 1.52. The number of anilines is 1. The van der Waals surface area contributed by atoms with Crippen LogP contribution in [0.3, 0.4) is 0 Å². The van der Waals surface area contributed by atoms with E-state index < -0.39 is 0 Å². The fourth-order valence-corrected chi connectivity index (χ4v) is 2.89. The maximum atomic E-state index is 12.4. The third kappa shape index (κ3) is 4.59. The van der Waals surface area contributed by atoms with Gasteiger partial charge in [0.05, 0.1) is 6.61 Å². The predicted octanol–water partition coefficient (Wildman–Crippen LogP) is 1.25. The SMILES string of the molecule is Cc1cc(=O)[nH]c(NCCNC(=O)C2CCOc3ccccc3C2)n1. The van der Waals surface area contributed by atoms with Crippen LogP contribution < -0.4 is 20.9 Å². The van der Waals surface area contributed by atoms with Gasteiger partial charge in [-0.2, -0.15) is 0 Å². The molecule has 0 saturated carbocycles. The molecule has 0 bridgehead atoms. The van der Waals surface area contributed by atoms with Gasteiger partial charge in [-0.25, -0.2) is 4.98 Å². The number of H-pyrrole nitrogens is 1. The average Bonchev–Trinajstić information content (AvgIpc) is 2.80. The van der Waals surface area contributed by atoms with E-state index in [-0.39, 0.29) is 17.4 Å². The standard InChI is InChI=1S/C18H22N4O3/c1-12-10-16(23)22-18(21-12)20-8-7-19-17(24)14-6-9-25-15-5-3-2-4-13(15)11-14/h2-5,10,14H,6-9,11H2,1H3,(H,19,24)(H2,20,21,22,23). The lowest BCUT2D eigenvalue weighted by Gasteiger charge is -2.14. The van der Waals surface area contributed by atoms with Crippen LogP contribution in [-0.2, 0) is 11.2 Å². The minimum Gasteiger partial charge on any atom is -0.493 e. The summed E-state index contributed by atoms with van der Waals surface area (Å²) in [6.45, 7) is 3.24. The molecule has 25 heavy (non-hydrogen) atoms. The Hall–Kier alpha value is -2.83. The molecule has 0 radical (unpaired) electrons. The number of fused-ring (bicyclic) bond motifs is 1. The van der Waals surface area contributed by atoms with Gasteiger partial charge in [0, 0.05) is 30.8 Å². The van der Waals surface area contributed by atoms with Gasteiger partial charge in [0.15, 0.2) is 0 Å². The zero-order valence-corrected chi connectivity index (χ0v) is 14.2. The van der Waals surface area contributed by atoms with Crippen LogP contribution in [0.4, 0.5) is 5.95 Å². The Labute approximate surface area is 145 Å². The van der Waals surface area contributed by atoms with Crippen molar-refractivity contribution in [3.05, 3.63) is 51.9 Å². The van der Waals surface area contributed by atoms with E-state index in [9.17, 15) is 9.59 Å². The molecule has 1 aliphatic rings. The van der Waals surface area contributed by atoms with E-state index in [2.05, 4.69) is 20.6 Å². The minimum atomic E-state index is -0.198. The van der Waals surface area contributed by atoms with Gasteiger partial charge in [0.2, 0.25) is 11.9 Å². The highest BCUT2D eigenvalue weighted by Crippen LogP contribution is 2.26. The number of hydrogen-bond donors (Lipinski definition) is 3. The molecule has 3 N–H and O–H groups in total. The third-order valence-corrected chi connectivity index (χ3v) is 4.12.